The molecule has 5 aromatic carbocycles. The molecule has 0 saturated carbocycles. The van der Waals surface area contributed by atoms with Crippen LogP contribution in [0.1, 0.15) is 25.0 Å². The molecule has 1 aliphatic heterocycles. The average Bonchev–Trinajstić information content (AvgIpc) is 3.09. The van der Waals surface area contributed by atoms with Crippen LogP contribution in [0.4, 0.5) is 22.7 Å². The summed E-state index contributed by atoms with van der Waals surface area (Å²) in [4.78, 5) is 11.2. The van der Waals surface area contributed by atoms with Gasteiger partial charge in [0, 0.05) is 21.7 Å². The van der Waals surface area contributed by atoms with Crippen LogP contribution in [0.5, 0.6) is 0 Å². The zero-order valence-corrected chi connectivity index (χ0v) is 25.4. The Hall–Kier alpha value is -5.23. The van der Waals surface area contributed by atoms with E-state index in [-0.39, 0.29) is 5.41 Å². The fourth-order valence-electron chi connectivity index (χ4n) is 6.33. The number of para-hydroxylation sites is 2. The van der Waals surface area contributed by atoms with E-state index in [1.165, 1.54) is 11.1 Å². The highest BCUT2D eigenvalue weighted by molar-refractivity contribution is 7.85. The lowest BCUT2D eigenvalue weighted by Gasteiger charge is -2.42. The van der Waals surface area contributed by atoms with E-state index in [4.69, 9.17) is 11.6 Å². The minimum atomic E-state index is -3.26. The molecule has 0 aliphatic carbocycles. The molecule has 0 spiro atoms. The van der Waals surface area contributed by atoms with Crippen LogP contribution < -0.4 is 20.9 Å². The van der Waals surface area contributed by atoms with Gasteiger partial charge in [-0.2, -0.15) is 0 Å². The maximum absolute atomic E-state index is 15.1. The molecule has 0 radical (unpaired) electrons. The van der Waals surface area contributed by atoms with E-state index < -0.39 is 7.14 Å². The van der Waals surface area contributed by atoms with Gasteiger partial charge in [-0.15, -0.1) is 0 Å². The molecule has 0 atom stereocenters. The first-order chi connectivity index (χ1) is 21.4. The quantitative estimate of drug-likeness (QED) is 0.149. The fourth-order valence-corrected chi connectivity index (χ4v) is 8.89. The van der Waals surface area contributed by atoms with Crippen molar-refractivity contribution in [2.24, 2.45) is 0 Å². The maximum Gasteiger partial charge on any atom is 0.189 e. The van der Waals surface area contributed by atoms with Crippen LogP contribution in [0.2, 0.25) is 0 Å². The van der Waals surface area contributed by atoms with Crippen LogP contribution in [0.15, 0.2) is 146 Å². The van der Waals surface area contributed by atoms with E-state index in [2.05, 4.69) is 78.2 Å². The van der Waals surface area contributed by atoms with Crippen LogP contribution in [-0.2, 0) is 9.98 Å². The number of aromatic nitrogens is 1. The molecule has 0 amide bonds. The van der Waals surface area contributed by atoms with Gasteiger partial charge in [-0.25, -0.2) is 9.83 Å². The van der Waals surface area contributed by atoms with Crippen molar-refractivity contribution in [1.29, 1.82) is 0 Å². The predicted octanol–water partition coefficient (Wildman–Crippen LogP) is 9.05. The molecular formula is C39H30N3OP. The molecule has 1 aliphatic rings. The second kappa shape index (κ2) is 10.8. The summed E-state index contributed by atoms with van der Waals surface area (Å²) in [7, 11) is -3.26. The van der Waals surface area contributed by atoms with Gasteiger partial charge >= 0.3 is 0 Å². The van der Waals surface area contributed by atoms with E-state index in [1.54, 1.807) is 0 Å². The number of fused-ring (bicyclic) bond motifs is 2. The normalized spacial score (nSPS) is 13.4. The lowest BCUT2D eigenvalue weighted by Crippen LogP contribution is -2.30. The number of anilines is 3. The molecule has 44 heavy (non-hydrogen) atoms. The van der Waals surface area contributed by atoms with E-state index in [9.17, 15) is 0 Å². The topological polar surface area (TPSA) is 37.6 Å². The Morgan fingerprint density at radius 2 is 1.20 bits per heavy atom. The number of nitrogens with zero attached hydrogens (tertiary/aromatic N) is 3. The molecule has 0 saturated heterocycles. The summed E-state index contributed by atoms with van der Waals surface area (Å²) < 4.78 is 15.1. The van der Waals surface area contributed by atoms with E-state index in [0.29, 0.717) is 16.8 Å². The first-order valence-corrected chi connectivity index (χ1v) is 16.3. The standard InChI is InChI=1S/C39H30N3OP/c1-39(2)33-19-10-12-22-36(33)42(37-23-13-11-20-34(37)39)30-26-28(25-29(27-30)40-3)35-21-14-24-38(41-35)44(43,31-15-6-4-7-16-31)32-17-8-5-9-18-32/h4-27H,1-2H3. The maximum atomic E-state index is 15.1. The number of pyridine rings is 1. The molecule has 212 valence electrons. The molecule has 0 N–H and O–H groups in total. The van der Waals surface area contributed by atoms with E-state index >= 15 is 4.57 Å². The number of benzene rings is 5. The monoisotopic (exact) mass is 587 g/mol. The predicted molar refractivity (Wildman–Crippen MR) is 182 cm³/mol. The largest absolute Gasteiger partial charge is 0.311 e. The number of hydrogen-bond donors (Lipinski definition) is 0. The van der Waals surface area contributed by atoms with Crippen molar-refractivity contribution in [3.05, 3.63) is 168 Å². The van der Waals surface area contributed by atoms with E-state index in [1.807, 2.05) is 91.0 Å². The summed E-state index contributed by atoms with van der Waals surface area (Å²) in [6.07, 6.45) is 0. The van der Waals surface area contributed by atoms with Crippen LogP contribution in [0.25, 0.3) is 16.1 Å². The molecule has 1 aromatic heterocycles. The molecule has 5 heteroatoms. The van der Waals surface area contributed by atoms with Gasteiger partial charge in [0.25, 0.3) is 0 Å². The molecular weight excluding hydrogens is 557 g/mol. The zero-order chi connectivity index (χ0) is 30.3. The molecule has 4 nitrogen and oxygen atoms in total. The molecule has 2 heterocycles. The minimum Gasteiger partial charge on any atom is -0.311 e. The molecule has 6 aromatic rings. The minimum absolute atomic E-state index is 0.185. The summed E-state index contributed by atoms with van der Waals surface area (Å²) in [5, 5.41) is 1.46. The van der Waals surface area contributed by atoms with E-state index in [0.717, 1.165) is 33.2 Å². The van der Waals surface area contributed by atoms with Crippen molar-refractivity contribution in [3.8, 4) is 11.3 Å². The summed E-state index contributed by atoms with van der Waals surface area (Å²) in [6.45, 7) is 12.5. The lowest BCUT2D eigenvalue weighted by atomic mass is 9.73. The summed E-state index contributed by atoms with van der Waals surface area (Å²) in [5.41, 5.74) is 7.80. The van der Waals surface area contributed by atoms with Crippen LogP contribution in [0, 0.1) is 6.57 Å². The van der Waals surface area contributed by atoms with Gasteiger partial charge in [-0.1, -0.05) is 117 Å². The fraction of sp³-hybridized carbons (Fsp3) is 0.0769. The van der Waals surface area contributed by atoms with Gasteiger partial charge in [0.1, 0.15) is 5.44 Å². The van der Waals surface area contributed by atoms with Crippen molar-refractivity contribution in [2.75, 3.05) is 4.90 Å². The Morgan fingerprint density at radius 1 is 0.659 bits per heavy atom. The van der Waals surface area contributed by atoms with Crippen molar-refractivity contribution in [2.45, 2.75) is 19.3 Å². The Labute approximate surface area is 258 Å². The molecule has 0 unspecified atom stereocenters. The Kier molecular flexibility index (Phi) is 6.77. The Balaban J connectivity index is 1.41. The highest BCUT2D eigenvalue weighted by atomic mass is 31.2. The van der Waals surface area contributed by atoms with Gasteiger partial charge in [0.05, 0.1) is 23.6 Å². The smallest absolute Gasteiger partial charge is 0.189 e. The second-order valence-electron chi connectivity index (χ2n) is 11.5. The van der Waals surface area contributed by atoms with Crippen molar-refractivity contribution in [3.63, 3.8) is 0 Å². The van der Waals surface area contributed by atoms with Crippen LogP contribution in [0.3, 0.4) is 0 Å². The highest BCUT2D eigenvalue weighted by Crippen LogP contribution is 2.52. The summed E-state index contributed by atoms with van der Waals surface area (Å²) in [5.74, 6) is 0. The van der Waals surface area contributed by atoms with Gasteiger partial charge < -0.3 is 9.46 Å². The summed E-state index contributed by atoms with van der Waals surface area (Å²) in [6, 6.07) is 47.7. The third kappa shape index (κ3) is 4.45. The van der Waals surface area contributed by atoms with Gasteiger partial charge in [-0.3, -0.25) is 0 Å². The van der Waals surface area contributed by atoms with Gasteiger partial charge in [0.2, 0.25) is 0 Å². The van der Waals surface area contributed by atoms with Gasteiger partial charge in [-0.05, 0) is 59.2 Å². The van der Waals surface area contributed by atoms with Crippen molar-refractivity contribution >= 4 is 45.9 Å². The molecule has 7 rings (SSSR count). The first-order valence-electron chi connectivity index (χ1n) is 14.6. The van der Waals surface area contributed by atoms with Gasteiger partial charge in [0.15, 0.2) is 12.8 Å². The lowest BCUT2D eigenvalue weighted by molar-refractivity contribution is 0.592. The first kappa shape index (κ1) is 27.6. The van der Waals surface area contributed by atoms with Crippen molar-refractivity contribution in [1.82, 2.24) is 4.98 Å². The number of rotatable bonds is 5. The van der Waals surface area contributed by atoms with Crippen LogP contribution >= 0.6 is 7.14 Å². The van der Waals surface area contributed by atoms with Crippen molar-refractivity contribution < 1.29 is 4.57 Å². The Bertz CT molecular complexity index is 2010. The third-order valence-electron chi connectivity index (χ3n) is 8.52. The Morgan fingerprint density at radius 3 is 1.77 bits per heavy atom. The third-order valence-corrected chi connectivity index (χ3v) is 11.5. The molecule has 0 fully saturated rings. The number of hydrogen-bond acceptors (Lipinski definition) is 3. The SMILES string of the molecule is [C-]#[N+]c1cc(-c2cccc(P(=O)(c3ccccc3)c3ccccc3)n2)cc(N2c3ccccc3C(C)(C)c3ccccc32)c1. The summed E-state index contributed by atoms with van der Waals surface area (Å²) >= 11 is 0. The zero-order valence-electron chi connectivity index (χ0n) is 24.6. The van der Waals surface area contributed by atoms with Crippen LogP contribution in [-0.4, -0.2) is 4.98 Å². The average molecular weight is 588 g/mol. The molecule has 0 bridgehead atoms. The highest BCUT2D eigenvalue weighted by Gasteiger charge is 2.37. The second-order valence-corrected chi connectivity index (χ2v) is 14.2.